The number of ketones is 1. The van der Waals surface area contributed by atoms with E-state index in [1.54, 1.807) is 6.92 Å². The summed E-state index contributed by atoms with van der Waals surface area (Å²) < 4.78 is 0. The maximum Gasteiger partial charge on any atom is 0.159 e. The van der Waals surface area contributed by atoms with Crippen LogP contribution in [-0.2, 0) is 0 Å². The number of hydrogen-bond donors (Lipinski definition) is 1. The summed E-state index contributed by atoms with van der Waals surface area (Å²) >= 11 is 0. The van der Waals surface area contributed by atoms with Gasteiger partial charge in [-0.3, -0.25) is 4.79 Å². The average Bonchev–Trinajstić information content (AvgIpc) is 2.59. The fourth-order valence-corrected chi connectivity index (χ4v) is 1.39. The SMILES string of the molecule is CC(=O)c1ccccc1.CC1=CCNCC=C1. The fraction of sp³-hybridized carbons (Fsp3) is 0.267. The van der Waals surface area contributed by atoms with Crippen molar-refractivity contribution < 1.29 is 4.79 Å². The number of allylic oxidation sites excluding steroid dienone is 2. The highest BCUT2D eigenvalue weighted by Gasteiger charge is 1.92. The van der Waals surface area contributed by atoms with E-state index in [4.69, 9.17) is 0 Å². The van der Waals surface area contributed by atoms with Crippen LogP contribution in [0.1, 0.15) is 24.2 Å². The molecule has 0 fully saturated rings. The van der Waals surface area contributed by atoms with Crippen molar-refractivity contribution in [3.05, 3.63) is 59.7 Å². The van der Waals surface area contributed by atoms with Crippen LogP contribution in [0.25, 0.3) is 0 Å². The highest BCUT2D eigenvalue weighted by molar-refractivity contribution is 5.93. The van der Waals surface area contributed by atoms with Gasteiger partial charge in [0.2, 0.25) is 0 Å². The Balaban J connectivity index is 0.000000171. The summed E-state index contributed by atoms with van der Waals surface area (Å²) in [5.74, 6) is 0.121. The fourth-order valence-electron chi connectivity index (χ4n) is 1.39. The van der Waals surface area contributed by atoms with Crippen LogP contribution in [0.5, 0.6) is 0 Å². The molecule has 90 valence electrons. The third-order valence-electron chi connectivity index (χ3n) is 2.39. The molecular weight excluding hydrogens is 210 g/mol. The van der Waals surface area contributed by atoms with Gasteiger partial charge in [-0.05, 0) is 13.8 Å². The first-order valence-electron chi connectivity index (χ1n) is 5.80. The van der Waals surface area contributed by atoms with Gasteiger partial charge in [0.05, 0.1) is 0 Å². The molecule has 0 unspecified atom stereocenters. The first-order chi connectivity index (χ1) is 8.20. The van der Waals surface area contributed by atoms with Crippen molar-refractivity contribution in [2.45, 2.75) is 13.8 Å². The van der Waals surface area contributed by atoms with E-state index in [1.165, 1.54) is 5.57 Å². The van der Waals surface area contributed by atoms with Gasteiger partial charge in [-0.2, -0.15) is 0 Å². The molecule has 0 bridgehead atoms. The predicted molar refractivity (Wildman–Crippen MR) is 72.2 cm³/mol. The molecule has 1 aliphatic heterocycles. The third-order valence-corrected chi connectivity index (χ3v) is 2.39. The number of Topliss-reactive ketones (excluding diaryl/α,β-unsaturated/α-hetero) is 1. The van der Waals surface area contributed by atoms with Crippen molar-refractivity contribution in [3.8, 4) is 0 Å². The molecule has 0 spiro atoms. The Kier molecular flexibility index (Phi) is 5.97. The number of benzene rings is 1. The lowest BCUT2D eigenvalue weighted by Crippen LogP contribution is -2.11. The van der Waals surface area contributed by atoms with E-state index >= 15 is 0 Å². The van der Waals surface area contributed by atoms with Crippen molar-refractivity contribution in [2.24, 2.45) is 0 Å². The van der Waals surface area contributed by atoms with Gasteiger partial charge in [-0.25, -0.2) is 0 Å². The largest absolute Gasteiger partial charge is 0.310 e. The predicted octanol–water partition coefficient (Wildman–Crippen LogP) is 2.98. The molecule has 1 aliphatic rings. The van der Waals surface area contributed by atoms with Crippen molar-refractivity contribution in [1.82, 2.24) is 5.32 Å². The molecule has 17 heavy (non-hydrogen) atoms. The Labute approximate surface area is 103 Å². The van der Waals surface area contributed by atoms with Gasteiger partial charge in [-0.15, -0.1) is 0 Å². The molecular formula is C15H19NO. The van der Waals surface area contributed by atoms with Gasteiger partial charge in [-0.1, -0.05) is 54.1 Å². The first kappa shape index (κ1) is 13.4. The molecule has 2 nitrogen and oxygen atoms in total. The number of carbonyl (C=O) groups excluding carboxylic acids is 1. The van der Waals surface area contributed by atoms with Gasteiger partial charge < -0.3 is 5.32 Å². The second-order valence-corrected chi connectivity index (χ2v) is 3.93. The Morgan fingerprint density at radius 3 is 2.47 bits per heavy atom. The van der Waals surface area contributed by atoms with Crippen LogP contribution in [0.2, 0.25) is 0 Å². The molecule has 2 heteroatoms. The van der Waals surface area contributed by atoms with Gasteiger partial charge >= 0.3 is 0 Å². The summed E-state index contributed by atoms with van der Waals surface area (Å²) in [6, 6.07) is 9.23. The van der Waals surface area contributed by atoms with Crippen LogP contribution in [0.15, 0.2) is 54.1 Å². The topological polar surface area (TPSA) is 29.1 Å². The standard InChI is InChI=1S/C8H8O.C7H11N/c1-7(9)8-5-3-2-4-6-8;1-7-3-2-5-8-6-4-7/h2-6H,1H3;2-4,8H,5-6H2,1H3. The summed E-state index contributed by atoms with van der Waals surface area (Å²) in [6.07, 6.45) is 6.46. The van der Waals surface area contributed by atoms with Crippen LogP contribution in [0.4, 0.5) is 0 Å². The normalized spacial score (nSPS) is 14.1. The maximum atomic E-state index is 10.6. The third kappa shape index (κ3) is 5.83. The minimum absolute atomic E-state index is 0.121. The molecule has 0 atom stereocenters. The van der Waals surface area contributed by atoms with Crippen molar-refractivity contribution in [2.75, 3.05) is 13.1 Å². The lowest BCUT2D eigenvalue weighted by atomic mass is 10.2. The number of hydrogen-bond acceptors (Lipinski definition) is 2. The van der Waals surface area contributed by atoms with E-state index < -0.39 is 0 Å². The van der Waals surface area contributed by atoms with Gasteiger partial charge in [0.1, 0.15) is 0 Å². The molecule has 2 rings (SSSR count). The van der Waals surface area contributed by atoms with Crippen LogP contribution < -0.4 is 5.32 Å². The lowest BCUT2D eigenvalue weighted by Gasteiger charge is -1.89. The monoisotopic (exact) mass is 229 g/mol. The molecule has 1 aromatic rings. The van der Waals surface area contributed by atoms with Crippen LogP contribution in [-0.4, -0.2) is 18.9 Å². The van der Waals surface area contributed by atoms with Crippen molar-refractivity contribution >= 4 is 5.78 Å². The maximum absolute atomic E-state index is 10.6. The van der Waals surface area contributed by atoms with E-state index in [-0.39, 0.29) is 5.78 Å². The summed E-state index contributed by atoms with van der Waals surface area (Å²) in [5, 5.41) is 3.21. The zero-order valence-electron chi connectivity index (χ0n) is 10.4. The Morgan fingerprint density at radius 1 is 1.18 bits per heavy atom. The molecule has 0 radical (unpaired) electrons. The van der Waals surface area contributed by atoms with E-state index in [0.29, 0.717) is 0 Å². The Bertz CT molecular complexity index is 404. The summed E-state index contributed by atoms with van der Waals surface area (Å²) in [4.78, 5) is 10.6. The van der Waals surface area contributed by atoms with Gasteiger partial charge in [0.15, 0.2) is 5.78 Å². The van der Waals surface area contributed by atoms with Crippen LogP contribution >= 0.6 is 0 Å². The zero-order valence-corrected chi connectivity index (χ0v) is 10.4. The molecule has 0 saturated heterocycles. The highest BCUT2D eigenvalue weighted by Crippen LogP contribution is 1.97. The molecule has 1 heterocycles. The van der Waals surface area contributed by atoms with Crippen LogP contribution in [0.3, 0.4) is 0 Å². The summed E-state index contributed by atoms with van der Waals surface area (Å²) in [5.41, 5.74) is 2.13. The van der Waals surface area contributed by atoms with Crippen molar-refractivity contribution in [1.29, 1.82) is 0 Å². The average molecular weight is 229 g/mol. The van der Waals surface area contributed by atoms with Crippen molar-refractivity contribution in [3.63, 3.8) is 0 Å². The van der Waals surface area contributed by atoms with E-state index in [0.717, 1.165) is 18.7 Å². The lowest BCUT2D eigenvalue weighted by molar-refractivity contribution is 0.101. The minimum atomic E-state index is 0.121. The quantitative estimate of drug-likeness (QED) is 0.750. The molecule has 0 aromatic heterocycles. The van der Waals surface area contributed by atoms with Gasteiger partial charge in [0, 0.05) is 18.7 Å². The highest BCUT2D eigenvalue weighted by atomic mass is 16.1. The first-order valence-corrected chi connectivity index (χ1v) is 5.80. The molecule has 1 aromatic carbocycles. The summed E-state index contributed by atoms with van der Waals surface area (Å²) in [7, 11) is 0. The Hall–Kier alpha value is -1.67. The van der Waals surface area contributed by atoms with Gasteiger partial charge in [0.25, 0.3) is 0 Å². The van der Waals surface area contributed by atoms with E-state index in [2.05, 4.69) is 30.5 Å². The minimum Gasteiger partial charge on any atom is -0.310 e. The molecule has 1 N–H and O–H groups in total. The number of nitrogens with one attached hydrogen (secondary N) is 1. The number of carbonyl (C=O) groups is 1. The van der Waals surface area contributed by atoms with E-state index in [1.807, 2.05) is 30.3 Å². The van der Waals surface area contributed by atoms with Crippen LogP contribution in [0, 0.1) is 0 Å². The smallest absolute Gasteiger partial charge is 0.159 e. The zero-order chi connectivity index (χ0) is 12.5. The van der Waals surface area contributed by atoms with E-state index in [9.17, 15) is 4.79 Å². The second-order valence-electron chi connectivity index (χ2n) is 3.93. The summed E-state index contributed by atoms with van der Waals surface area (Å²) in [6.45, 7) is 5.70. The number of rotatable bonds is 1. The second kappa shape index (κ2) is 7.58. The molecule has 0 amide bonds. The Morgan fingerprint density at radius 2 is 1.88 bits per heavy atom. The molecule has 0 aliphatic carbocycles. The molecule has 0 saturated carbocycles.